The van der Waals surface area contributed by atoms with Crippen molar-refractivity contribution in [1.82, 2.24) is 4.98 Å². The van der Waals surface area contributed by atoms with E-state index in [0.717, 1.165) is 0 Å². The fourth-order valence-corrected chi connectivity index (χ4v) is 2.02. The van der Waals surface area contributed by atoms with Crippen molar-refractivity contribution in [2.45, 2.75) is 6.61 Å². The Labute approximate surface area is 93.0 Å². The van der Waals surface area contributed by atoms with Crippen molar-refractivity contribution in [3.63, 3.8) is 0 Å². The molecule has 14 heavy (non-hydrogen) atoms. The van der Waals surface area contributed by atoms with Crippen LogP contribution < -0.4 is 5.73 Å². The van der Waals surface area contributed by atoms with Crippen LogP contribution in [0.4, 0.5) is 5.82 Å². The monoisotopic (exact) mass is 301 g/mol. The average Bonchev–Trinajstić information content (AvgIpc) is 2.49. The number of carbonyl (C=O) groups excluding carboxylic acids is 1. The number of hydrogen-bond donors (Lipinski definition) is 1. The molecule has 0 amide bonds. The molecule has 1 aromatic rings. The van der Waals surface area contributed by atoms with Crippen LogP contribution in [-0.4, -0.2) is 11.0 Å². The molecule has 1 aliphatic heterocycles. The topological polar surface area (TPSA) is 89.0 Å². The number of carbonyl (C=O) groups is 1. The van der Waals surface area contributed by atoms with Gasteiger partial charge >= 0.3 is 5.97 Å². The highest BCUT2D eigenvalue weighted by Gasteiger charge is 2.29. The fourth-order valence-electron chi connectivity index (χ4n) is 1.32. The molecular weight excluding hydrogens is 297 g/mol. The lowest BCUT2D eigenvalue weighted by Gasteiger charge is -2.02. The molecular formula is C8H4IN3O2. The first-order valence-electron chi connectivity index (χ1n) is 3.70. The third-order valence-corrected chi connectivity index (χ3v) is 2.73. The Morgan fingerprint density at radius 3 is 3.00 bits per heavy atom. The van der Waals surface area contributed by atoms with Crippen LogP contribution in [0, 0.1) is 15.0 Å². The Kier molecular flexibility index (Phi) is 2.03. The number of cyclic esters (lactones) is 1. The summed E-state index contributed by atoms with van der Waals surface area (Å²) in [6.07, 6.45) is 0. The zero-order valence-electron chi connectivity index (χ0n) is 6.87. The summed E-state index contributed by atoms with van der Waals surface area (Å²) in [5, 5.41) is 8.86. The van der Waals surface area contributed by atoms with Gasteiger partial charge in [0, 0.05) is 5.56 Å². The van der Waals surface area contributed by atoms with Crippen LogP contribution in [0.2, 0.25) is 0 Å². The first-order valence-corrected chi connectivity index (χ1v) is 4.78. The summed E-state index contributed by atoms with van der Waals surface area (Å²) < 4.78 is 5.29. The van der Waals surface area contributed by atoms with E-state index in [1.807, 2.05) is 28.7 Å². The number of aromatic nitrogens is 1. The van der Waals surface area contributed by atoms with Crippen LogP contribution in [0.1, 0.15) is 21.5 Å². The number of esters is 1. The Morgan fingerprint density at radius 2 is 2.36 bits per heavy atom. The summed E-state index contributed by atoms with van der Waals surface area (Å²) in [5.41, 5.74) is 6.72. The normalized spacial score (nSPS) is 13.3. The predicted octanol–water partition coefficient (Wildman–Crippen LogP) is 0.810. The molecule has 0 spiro atoms. The van der Waals surface area contributed by atoms with Gasteiger partial charge in [-0.25, -0.2) is 9.78 Å². The van der Waals surface area contributed by atoms with Crippen molar-refractivity contribution < 1.29 is 9.53 Å². The Bertz CT molecular complexity index is 478. The van der Waals surface area contributed by atoms with Crippen molar-refractivity contribution in [3.8, 4) is 6.07 Å². The molecule has 0 unspecified atom stereocenters. The maximum absolute atomic E-state index is 11.2. The molecule has 2 rings (SSSR count). The van der Waals surface area contributed by atoms with Gasteiger partial charge in [0.2, 0.25) is 0 Å². The van der Waals surface area contributed by atoms with Crippen LogP contribution in [0.3, 0.4) is 0 Å². The second kappa shape index (κ2) is 3.09. The number of nitrogens with two attached hydrogens (primary N) is 1. The van der Waals surface area contributed by atoms with E-state index in [1.165, 1.54) is 0 Å². The first-order chi connectivity index (χ1) is 6.65. The van der Waals surface area contributed by atoms with Crippen LogP contribution in [0.15, 0.2) is 0 Å². The smallest absolute Gasteiger partial charge is 0.342 e. The maximum Gasteiger partial charge on any atom is 0.342 e. The van der Waals surface area contributed by atoms with Gasteiger partial charge in [-0.3, -0.25) is 0 Å². The molecule has 0 fully saturated rings. The summed E-state index contributed by atoms with van der Waals surface area (Å²) in [7, 11) is 0. The number of nitrogens with zero attached hydrogens (tertiary/aromatic N) is 2. The fraction of sp³-hybridized carbons (Fsp3) is 0.125. The highest BCUT2D eigenvalue weighted by molar-refractivity contribution is 14.1. The Balaban J connectivity index is 2.81. The lowest BCUT2D eigenvalue weighted by Crippen LogP contribution is -2.06. The molecule has 2 N–H and O–H groups in total. The number of ether oxygens (including phenoxy) is 1. The molecule has 0 aliphatic carbocycles. The second-order valence-corrected chi connectivity index (χ2v) is 3.73. The maximum atomic E-state index is 11.2. The molecule has 0 bridgehead atoms. The molecule has 5 nitrogen and oxygen atoms in total. The molecule has 1 aliphatic rings. The number of halogens is 1. The zero-order chi connectivity index (χ0) is 10.3. The Hall–Kier alpha value is -1.36. The summed E-state index contributed by atoms with van der Waals surface area (Å²) in [4.78, 5) is 15.1. The van der Waals surface area contributed by atoms with Gasteiger partial charge in [0.05, 0.1) is 5.56 Å². The van der Waals surface area contributed by atoms with Crippen molar-refractivity contribution in [3.05, 3.63) is 20.4 Å². The second-order valence-electron chi connectivity index (χ2n) is 2.70. The molecule has 0 saturated carbocycles. The lowest BCUT2D eigenvalue weighted by atomic mass is 10.1. The van der Waals surface area contributed by atoms with Crippen LogP contribution in [0.25, 0.3) is 0 Å². The Morgan fingerprint density at radius 1 is 1.64 bits per heavy atom. The van der Waals surface area contributed by atoms with E-state index < -0.39 is 5.97 Å². The van der Waals surface area contributed by atoms with Crippen molar-refractivity contribution in [2.24, 2.45) is 0 Å². The van der Waals surface area contributed by atoms with E-state index in [0.29, 0.717) is 14.8 Å². The summed E-state index contributed by atoms with van der Waals surface area (Å²) in [5.74, 6) is -0.371. The average molecular weight is 301 g/mol. The quantitative estimate of drug-likeness (QED) is 0.435. The van der Waals surface area contributed by atoms with Gasteiger partial charge in [-0.2, -0.15) is 5.26 Å². The van der Waals surface area contributed by atoms with Gasteiger partial charge in [-0.15, -0.1) is 0 Å². The predicted molar refractivity (Wildman–Crippen MR) is 55.2 cm³/mol. The largest absolute Gasteiger partial charge is 0.457 e. The molecule has 0 radical (unpaired) electrons. The van der Waals surface area contributed by atoms with Crippen LogP contribution in [0.5, 0.6) is 0 Å². The van der Waals surface area contributed by atoms with Gasteiger partial charge < -0.3 is 10.5 Å². The number of anilines is 1. The number of nitriles is 1. The van der Waals surface area contributed by atoms with Gasteiger partial charge in [0.15, 0.2) is 0 Å². The van der Waals surface area contributed by atoms with Gasteiger partial charge in [0.25, 0.3) is 0 Å². The molecule has 0 saturated heterocycles. The van der Waals surface area contributed by atoms with Crippen molar-refractivity contribution in [2.75, 3.05) is 5.73 Å². The van der Waals surface area contributed by atoms with E-state index in [4.69, 9.17) is 15.7 Å². The summed E-state index contributed by atoms with van der Waals surface area (Å²) >= 11 is 1.91. The number of nitrogen functional groups attached to an aromatic ring is 1. The lowest BCUT2D eigenvalue weighted by molar-refractivity contribution is 0.0535. The minimum absolute atomic E-state index is 0.111. The van der Waals surface area contributed by atoms with E-state index in [-0.39, 0.29) is 18.0 Å². The van der Waals surface area contributed by atoms with E-state index in [9.17, 15) is 4.79 Å². The van der Waals surface area contributed by atoms with Gasteiger partial charge in [-0.05, 0) is 22.6 Å². The molecule has 1 aromatic heterocycles. The van der Waals surface area contributed by atoms with Gasteiger partial charge in [-0.1, -0.05) is 0 Å². The zero-order valence-corrected chi connectivity index (χ0v) is 9.03. The number of hydrogen-bond acceptors (Lipinski definition) is 5. The number of fused-ring (bicyclic) bond motifs is 1. The number of pyridine rings is 1. The van der Waals surface area contributed by atoms with Crippen molar-refractivity contribution in [1.29, 1.82) is 5.26 Å². The minimum atomic E-state index is -0.502. The molecule has 70 valence electrons. The SMILES string of the molecule is N#Cc1c(I)nc(N)c2c1COC2=O. The highest BCUT2D eigenvalue weighted by Crippen LogP contribution is 2.29. The third kappa shape index (κ3) is 1.13. The third-order valence-electron chi connectivity index (χ3n) is 1.95. The summed E-state index contributed by atoms with van der Waals surface area (Å²) in [6, 6.07) is 1.99. The van der Waals surface area contributed by atoms with E-state index >= 15 is 0 Å². The van der Waals surface area contributed by atoms with Crippen LogP contribution >= 0.6 is 22.6 Å². The van der Waals surface area contributed by atoms with E-state index in [2.05, 4.69) is 4.98 Å². The molecule has 0 aromatic carbocycles. The molecule has 0 atom stereocenters. The minimum Gasteiger partial charge on any atom is -0.457 e. The van der Waals surface area contributed by atoms with Crippen molar-refractivity contribution >= 4 is 34.4 Å². The summed E-state index contributed by atoms with van der Waals surface area (Å²) in [6.45, 7) is 0.111. The molecule has 6 heteroatoms. The first kappa shape index (κ1) is 9.21. The van der Waals surface area contributed by atoms with Gasteiger partial charge in [0.1, 0.15) is 27.8 Å². The highest BCUT2D eigenvalue weighted by atomic mass is 127. The van der Waals surface area contributed by atoms with Crippen LogP contribution in [-0.2, 0) is 11.3 Å². The number of rotatable bonds is 0. The standard InChI is InChI=1S/C8H4IN3O2/c9-6-3(1-10)4-2-14-8(13)5(4)7(11)12-6/h2H2,(H2,11,12). The van der Waals surface area contributed by atoms with E-state index in [1.54, 1.807) is 0 Å². The molecule has 2 heterocycles.